The molecule has 1 aliphatic rings. The van der Waals surface area contributed by atoms with Gasteiger partial charge in [-0.25, -0.2) is 0 Å². The van der Waals surface area contributed by atoms with E-state index in [-0.39, 0.29) is 0 Å². The van der Waals surface area contributed by atoms with Gasteiger partial charge in [0.05, 0.1) is 11.4 Å². The summed E-state index contributed by atoms with van der Waals surface area (Å²) in [5, 5.41) is 0. The van der Waals surface area contributed by atoms with Crippen molar-refractivity contribution in [1.82, 2.24) is 0 Å². The molecule has 0 radical (unpaired) electrons. The third-order valence-electron chi connectivity index (χ3n) is 4.88. The van der Waals surface area contributed by atoms with Crippen LogP contribution in [0.2, 0.25) is 0 Å². The van der Waals surface area contributed by atoms with Crippen molar-refractivity contribution >= 4 is 11.4 Å². The van der Waals surface area contributed by atoms with Crippen LogP contribution in [-0.2, 0) is 0 Å². The maximum absolute atomic E-state index is 3.37. The van der Waals surface area contributed by atoms with E-state index in [0.29, 0.717) is 0 Å². The fourth-order valence-corrected chi connectivity index (χ4v) is 3.56. The molecule has 0 aromatic heterocycles. The van der Waals surface area contributed by atoms with Gasteiger partial charge in [-0.05, 0) is 46.0 Å². The standard InChI is InChI=1S/C24H18N2/c1-2-7-17(8-3-1)18-13-15-19(16-14-18)25-26-23-12-6-11-22-20-9-4-5-10-21(20)24(22)23/h1-16,25-26H. The molecule has 0 heterocycles. The predicted octanol–water partition coefficient (Wildman–Crippen LogP) is 6.44. The summed E-state index contributed by atoms with van der Waals surface area (Å²) >= 11 is 0. The van der Waals surface area contributed by atoms with Crippen molar-refractivity contribution in [3.05, 3.63) is 97.1 Å². The van der Waals surface area contributed by atoms with E-state index in [2.05, 4.69) is 102 Å². The molecule has 4 aromatic carbocycles. The smallest absolute Gasteiger partial charge is 0.0624 e. The van der Waals surface area contributed by atoms with Gasteiger partial charge in [0.15, 0.2) is 0 Å². The Morgan fingerprint density at radius 3 is 1.88 bits per heavy atom. The number of benzene rings is 4. The number of hydrazine groups is 1. The molecule has 1 aliphatic carbocycles. The van der Waals surface area contributed by atoms with Crippen molar-refractivity contribution in [3.63, 3.8) is 0 Å². The summed E-state index contributed by atoms with van der Waals surface area (Å²) in [6.07, 6.45) is 0. The van der Waals surface area contributed by atoms with Crippen molar-refractivity contribution < 1.29 is 0 Å². The normalized spacial score (nSPS) is 11.1. The fourth-order valence-electron chi connectivity index (χ4n) is 3.56. The third kappa shape index (κ3) is 2.44. The monoisotopic (exact) mass is 334 g/mol. The number of rotatable bonds is 4. The number of fused-ring (bicyclic) bond motifs is 4. The van der Waals surface area contributed by atoms with E-state index >= 15 is 0 Å². The molecule has 0 aliphatic heterocycles. The Kier molecular flexibility index (Phi) is 3.46. The Hall–Kier alpha value is -3.52. The summed E-state index contributed by atoms with van der Waals surface area (Å²) in [6, 6.07) is 33.8. The number of nitrogens with one attached hydrogen (secondary N) is 2. The molecule has 2 N–H and O–H groups in total. The van der Waals surface area contributed by atoms with E-state index in [4.69, 9.17) is 0 Å². The molecule has 0 atom stereocenters. The molecular formula is C24H18N2. The molecule has 0 saturated heterocycles. The molecule has 0 saturated carbocycles. The minimum atomic E-state index is 1.04. The van der Waals surface area contributed by atoms with E-state index in [1.165, 1.54) is 33.4 Å². The molecular weight excluding hydrogens is 316 g/mol. The minimum absolute atomic E-state index is 1.04. The highest BCUT2D eigenvalue weighted by Gasteiger charge is 2.24. The second kappa shape index (κ2) is 6.08. The number of hydrogen-bond donors (Lipinski definition) is 2. The Bertz CT molecular complexity index is 1070. The van der Waals surface area contributed by atoms with Crippen LogP contribution in [0.25, 0.3) is 33.4 Å². The summed E-state index contributed by atoms with van der Waals surface area (Å²) in [5.74, 6) is 0. The highest BCUT2D eigenvalue weighted by molar-refractivity contribution is 6.07. The topological polar surface area (TPSA) is 24.1 Å². The first-order valence-corrected chi connectivity index (χ1v) is 8.80. The average molecular weight is 334 g/mol. The highest BCUT2D eigenvalue weighted by Crippen LogP contribution is 2.50. The highest BCUT2D eigenvalue weighted by atomic mass is 15.4. The van der Waals surface area contributed by atoms with Gasteiger partial charge in [0.25, 0.3) is 0 Å². The zero-order valence-electron chi connectivity index (χ0n) is 14.2. The largest absolute Gasteiger partial charge is 0.301 e. The molecule has 26 heavy (non-hydrogen) atoms. The van der Waals surface area contributed by atoms with Crippen LogP contribution in [0.15, 0.2) is 97.1 Å². The van der Waals surface area contributed by atoms with Crippen LogP contribution in [0.4, 0.5) is 11.4 Å². The van der Waals surface area contributed by atoms with E-state index in [1.54, 1.807) is 0 Å². The molecule has 0 unspecified atom stereocenters. The molecule has 0 amide bonds. The van der Waals surface area contributed by atoms with Crippen LogP contribution < -0.4 is 10.9 Å². The Labute approximate surface area is 153 Å². The molecule has 0 spiro atoms. The van der Waals surface area contributed by atoms with Crippen molar-refractivity contribution in [3.8, 4) is 33.4 Å². The quantitative estimate of drug-likeness (QED) is 0.370. The number of hydrogen-bond acceptors (Lipinski definition) is 2. The maximum atomic E-state index is 3.37. The van der Waals surface area contributed by atoms with Gasteiger partial charge >= 0.3 is 0 Å². The van der Waals surface area contributed by atoms with Gasteiger partial charge in [0.2, 0.25) is 0 Å². The van der Waals surface area contributed by atoms with Crippen molar-refractivity contribution in [1.29, 1.82) is 0 Å². The van der Waals surface area contributed by atoms with Crippen molar-refractivity contribution in [2.75, 3.05) is 10.9 Å². The SMILES string of the molecule is c1ccc(-c2ccc(NNc3cccc4c3-c3ccccc3-4)cc2)cc1. The number of anilines is 2. The van der Waals surface area contributed by atoms with E-state index < -0.39 is 0 Å². The van der Waals surface area contributed by atoms with Gasteiger partial charge in [-0.3, -0.25) is 0 Å². The fraction of sp³-hybridized carbons (Fsp3) is 0. The van der Waals surface area contributed by atoms with Crippen LogP contribution in [-0.4, -0.2) is 0 Å². The van der Waals surface area contributed by atoms with Crippen LogP contribution in [0.5, 0.6) is 0 Å². The van der Waals surface area contributed by atoms with Gasteiger partial charge in [-0.1, -0.05) is 78.9 Å². The molecule has 0 fully saturated rings. The van der Waals surface area contributed by atoms with Gasteiger partial charge in [-0.15, -0.1) is 0 Å². The second-order valence-corrected chi connectivity index (χ2v) is 6.47. The van der Waals surface area contributed by atoms with Crippen LogP contribution in [0.3, 0.4) is 0 Å². The zero-order chi connectivity index (χ0) is 17.3. The second-order valence-electron chi connectivity index (χ2n) is 6.47. The first-order chi connectivity index (χ1) is 12.9. The van der Waals surface area contributed by atoms with Crippen LogP contribution in [0.1, 0.15) is 0 Å². The molecule has 2 heteroatoms. The lowest BCUT2D eigenvalue weighted by Crippen LogP contribution is -2.12. The van der Waals surface area contributed by atoms with Crippen molar-refractivity contribution in [2.45, 2.75) is 0 Å². The van der Waals surface area contributed by atoms with E-state index in [1.807, 2.05) is 6.07 Å². The van der Waals surface area contributed by atoms with E-state index in [9.17, 15) is 0 Å². The maximum Gasteiger partial charge on any atom is 0.0624 e. The summed E-state index contributed by atoms with van der Waals surface area (Å²) in [5.41, 5.74) is 16.5. The van der Waals surface area contributed by atoms with Crippen LogP contribution >= 0.6 is 0 Å². The summed E-state index contributed by atoms with van der Waals surface area (Å²) in [6.45, 7) is 0. The summed E-state index contributed by atoms with van der Waals surface area (Å²) in [4.78, 5) is 0. The third-order valence-corrected chi connectivity index (χ3v) is 4.88. The van der Waals surface area contributed by atoms with Gasteiger partial charge in [-0.2, -0.15) is 0 Å². The summed E-state index contributed by atoms with van der Waals surface area (Å²) in [7, 11) is 0. The molecule has 0 bridgehead atoms. The van der Waals surface area contributed by atoms with Gasteiger partial charge < -0.3 is 10.9 Å². The first-order valence-electron chi connectivity index (χ1n) is 8.80. The predicted molar refractivity (Wildman–Crippen MR) is 110 cm³/mol. The lowest BCUT2D eigenvalue weighted by atomic mass is 9.80. The van der Waals surface area contributed by atoms with Gasteiger partial charge in [0, 0.05) is 5.56 Å². The first kappa shape index (κ1) is 14.8. The van der Waals surface area contributed by atoms with Crippen LogP contribution in [0, 0.1) is 0 Å². The minimum Gasteiger partial charge on any atom is -0.301 e. The zero-order valence-corrected chi connectivity index (χ0v) is 14.2. The lowest BCUT2D eigenvalue weighted by Gasteiger charge is -2.27. The molecule has 4 aromatic rings. The summed E-state index contributed by atoms with van der Waals surface area (Å²) < 4.78 is 0. The van der Waals surface area contributed by atoms with E-state index in [0.717, 1.165) is 11.4 Å². The Morgan fingerprint density at radius 1 is 0.423 bits per heavy atom. The van der Waals surface area contributed by atoms with Gasteiger partial charge in [0.1, 0.15) is 0 Å². The van der Waals surface area contributed by atoms with Crippen molar-refractivity contribution in [2.24, 2.45) is 0 Å². The average Bonchev–Trinajstić information content (AvgIpc) is 2.71. The lowest BCUT2D eigenvalue weighted by molar-refractivity contribution is 1.39. The Morgan fingerprint density at radius 2 is 1.08 bits per heavy atom. The molecule has 5 rings (SSSR count). The molecule has 2 nitrogen and oxygen atoms in total. The molecule has 124 valence electrons. The Balaban J connectivity index is 1.35.